The monoisotopic (exact) mass is 345 g/mol. The SMILES string of the molecule is C[C@H](NC(=O)C[n+]1ccc(C(=O)c2ccccc2)cc1)c1ccccc1. The average Bonchev–Trinajstić information content (AvgIpc) is 2.69. The van der Waals surface area contributed by atoms with Crippen molar-refractivity contribution in [2.75, 3.05) is 0 Å². The Morgan fingerprint density at radius 3 is 2.00 bits per heavy atom. The number of benzene rings is 2. The number of hydrogen-bond acceptors (Lipinski definition) is 2. The van der Waals surface area contributed by atoms with Crippen LogP contribution in [0.15, 0.2) is 85.2 Å². The topological polar surface area (TPSA) is 50.1 Å². The fraction of sp³-hybridized carbons (Fsp3) is 0.136. The largest absolute Gasteiger partial charge is 0.344 e. The third kappa shape index (κ3) is 4.42. The second kappa shape index (κ2) is 8.21. The quantitative estimate of drug-likeness (QED) is 0.551. The molecule has 0 aliphatic heterocycles. The number of ketones is 1. The van der Waals surface area contributed by atoms with E-state index in [1.54, 1.807) is 41.2 Å². The Bertz CT molecular complexity index is 875. The smallest absolute Gasteiger partial charge is 0.286 e. The fourth-order valence-electron chi connectivity index (χ4n) is 2.75. The molecular formula is C22H21N2O2+. The second-order valence-corrected chi connectivity index (χ2v) is 6.15. The molecule has 0 saturated carbocycles. The summed E-state index contributed by atoms with van der Waals surface area (Å²) in [5.74, 6) is -0.103. The van der Waals surface area contributed by atoms with Crippen molar-refractivity contribution in [2.24, 2.45) is 0 Å². The molecule has 3 rings (SSSR count). The normalized spacial score (nSPS) is 11.6. The molecule has 1 N–H and O–H groups in total. The molecule has 0 aliphatic carbocycles. The number of hydrogen-bond donors (Lipinski definition) is 1. The van der Waals surface area contributed by atoms with Crippen LogP contribution in [-0.4, -0.2) is 11.7 Å². The summed E-state index contributed by atoms with van der Waals surface area (Å²) < 4.78 is 1.76. The highest BCUT2D eigenvalue weighted by molar-refractivity contribution is 6.08. The van der Waals surface area contributed by atoms with E-state index in [9.17, 15) is 9.59 Å². The predicted molar refractivity (Wildman–Crippen MR) is 99.5 cm³/mol. The Kier molecular flexibility index (Phi) is 5.54. The summed E-state index contributed by atoms with van der Waals surface area (Å²) in [5, 5.41) is 2.98. The number of aromatic nitrogens is 1. The molecule has 1 atom stereocenters. The number of carbonyl (C=O) groups is 2. The van der Waals surface area contributed by atoms with Crippen molar-refractivity contribution < 1.29 is 14.2 Å². The highest BCUT2D eigenvalue weighted by Crippen LogP contribution is 2.11. The molecule has 0 spiro atoms. The second-order valence-electron chi connectivity index (χ2n) is 6.15. The Labute approximate surface area is 153 Å². The highest BCUT2D eigenvalue weighted by atomic mass is 16.2. The van der Waals surface area contributed by atoms with Gasteiger partial charge in [-0.2, -0.15) is 4.57 Å². The van der Waals surface area contributed by atoms with Crippen LogP contribution in [0.2, 0.25) is 0 Å². The molecule has 1 amide bonds. The van der Waals surface area contributed by atoms with E-state index in [4.69, 9.17) is 0 Å². The molecule has 26 heavy (non-hydrogen) atoms. The number of carbonyl (C=O) groups excluding carboxylic acids is 2. The molecule has 4 heteroatoms. The van der Waals surface area contributed by atoms with Gasteiger partial charge in [0.1, 0.15) is 0 Å². The minimum absolute atomic E-state index is 0.0279. The Hall–Kier alpha value is -3.27. The summed E-state index contributed by atoms with van der Waals surface area (Å²) >= 11 is 0. The molecule has 1 heterocycles. The minimum Gasteiger partial charge on any atom is -0.344 e. The molecule has 0 unspecified atom stereocenters. The third-order valence-electron chi connectivity index (χ3n) is 4.19. The van der Waals surface area contributed by atoms with Crippen LogP contribution in [0, 0.1) is 0 Å². The maximum atomic E-state index is 12.4. The van der Waals surface area contributed by atoms with Gasteiger partial charge in [0.25, 0.3) is 5.91 Å². The molecule has 0 bridgehead atoms. The van der Waals surface area contributed by atoms with Gasteiger partial charge in [0, 0.05) is 23.3 Å². The number of rotatable bonds is 6. The van der Waals surface area contributed by atoms with E-state index < -0.39 is 0 Å². The van der Waals surface area contributed by atoms with Gasteiger partial charge in [0.2, 0.25) is 6.54 Å². The molecular weight excluding hydrogens is 324 g/mol. The van der Waals surface area contributed by atoms with E-state index in [1.807, 2.05) is 55.5 Å². The van der Waals surface area contributed by atoms with Gasteiger partial charge in [-0.25, -0.2) is 0 Å². The molecule has 0 radical (unpaired) electrons. The van der Waals surface area contributed by atoms with E-state index in [0.717, 1.165) is 5.56 Å². The first-order valence-corrected chi connectivity index (χ1v) is 8.56. The summed E-state index contributed by atoms with van der Waals surface area (Å²) in [6.45, 7) is 2.16. The van der Waals surface area contributed by atoms with Crippen LogP contribution in [0.5, 0.6) is 0 Å². The van der Waals surface area contributed by atoms with Crippen LogP contribution in [0.4, 0.5) is 0 Å². The van der Waals surface area contributed by atoms with Crippen molar-refractivity contribution in [1.29, 1.82) is 0 Å². The van der Waals surface area contributed by atoms with Crippen LogP contribution in [0.1, 0.15) is 34.5 Å². The standard InChI is InChI=1S/C22H20N2O2/c1-17(18-8-4-2-5-9-18)23-21(25)16-24-14-12-20(13-15-24)22(26)19-10-6-3-7-11-19/h2-15,17H,16H2,1H3/p+1/t17-/m0/s1. The van der Waals surface area contributed by atoms with E-state index in [1.165, 1.54) is 0 Å². The molecule has 0 saturated heterocycles. The van der Waals surface area contributed by atoms with Gasteiger partial charge in [0.15, 0.2) is 18.2 Å². The van der Waals surface area contributed by atoms with Gasteiger partial charge < -0.3 is 5.32 Å². The third-order valence-corrected chi connectivity index (χ3v) is 4.19. The van der Waals surface area contributed by atoms with Crippen LogP contribution in [0.25, 0.3) is 0 Å². The van der Waals surface area contributed by atoms with Crippen molar-refractivity contribution >= 4 is 11.7 Å². The lowest BCUT2D eigenvalue weighted by Crippen LogP contribution is -2.43. The van der Waals surface area contributed by atoms with Gasteiger partial charge in [-0.3, -0.25) is 9.59 Å². The summed E-state index contributed by atoms with van der Waals surface area (Å²) in [6.07, 6.45) is 3.51. The molecule has 4 nitrogen and oxygen atoms in total. The first-order valence-electron chi connectivity index (χ1n) is 8.56. The summed E-state index contributed by atoms with van der Waals surface area (Å²) in [4.78, 5) is 24.6. The van der Waals surface area contributed by atoms with Crippen LogP contribution in [0.3, 0.4) is 0 Å². The van der Waals surface area contributed by atoms with Gasteiger partial charge >= 0.3 is 0 Å². The zero-order valence-corrected chi connectivity index (χ0v) is 14.6. The minimum atomic E-state index is -0.0755. The summed E-state index contributed by atoms with van der Waals surface area (Å²) in [6, 6.07) is 22.4. The first-order chi connectivity index (χ1) is 12.6. The molecule has 0 fully saturated rings. The van der Waals surface area contributed by atoms with Crippen molar-refractivity contribution in [3.05, 3.63) is 102 Å². The van der Waals surface area contributed by atoms with Crippen LogP contribution >= 0.6 is 0 Å². The Morgan fingerprint density at radius 1 is 0.846 bits per heavy atom. The van der Waals surface area contributed by atoms with Crippen LogP contribution in [-0.2, 0) is 11.3 Å². The van der Waals surface area contributed by atoms with Gasteiger partial charge in [0.05, 0.1) is 6.04 Å². The summed E-state index contributed by atoms with van der Waals surface area (Å²) in [7, 11) is 0. The summed E-state index contributed by atoms with van der Waals surface area (Å²) in [5.41, 5.74) is 2.32. The molecule has 2 aromatic carbocycles. The van der Waals surface area contributed by atoms with Crippen molar-refractivity contribution in [3.8, 4) is 0 Å². The van der Waals surface area contributed by atoms with E-state index in [2.05, 4.69) is 5.32 Å². The maximum Gasteiger partial charge on any atom is 0.286 e. The lowest BCUT2D eigenvalue weighted by Gasteiger charge is -2.12. The van der Waals surface area contributed by atoms with E-state index >= 15 is 0 Å². The molecule has 130 valence electrons. The first kappa shape index (κ1) is 17.5. The van der Waals surface area contributed by atoms with E-state index in [-0.39, 0.29) is 24.3 Å². The maximum absolute atomic E-state index is 12.4. The Balaban J connectivity index is 1.60. The van der Waals surface area contributed by atoms with Crippen molar-refractivity contribution in [2.45, 2.75) is 19.5 Å². The number of nitrogens with zero attached hydrogens (tertiary/aromatic N) is 1. The number of amides is 1. The number of nitrogens with one attached hydrogen (secondary N) is 1. The molecule has 3 aromatic rings. The van der Waals surface area contributed by atoms with Crippen LogP contribution < -0.4 is 9.88 Å². The lowest BCUT2D eigenvalue weighted by atomic mass is 10.0. The van der Waals surface area contributed by atoms with E-state index in [0.29, 0.717) is 11.1 Å². The average molecular weight is 345 g/mol. The predicted octanol–water partition coefficient (Wildman–Crippen LogP) is 3.08. The fourth-order valence-corrected chi connectivity index (χ4v) is 2.75. The Morgan fingerprint density at radius 2 is 1.38 bits per heavy atom. The zero-order valence-electron chi connectivity index (χ0n) is 14.6. The zero-order chi connectivity index (χ0) is 18.4. The van der Waals surface area contributed by atoms with Crippen molar-refractivity contribution in [1.82, 2.24) is 5.32 Å². The van der Waals surface area contributed by atoms with Gasteiger partial charge in [-0.05, 0) is 12.5 Å². The van der Waals surface area contributed by atoms with Crippen molar-refractivity contribution in [3.63, 3.8) is 0 Å². The lowest BCUT2D eigenvalue weighted by molar-refractivity contribution is -0.684. The number of pyridine rings is 1. The highest BCUT2D eigenvalue weighted by Gasteiger charge is 2.15. The van der Waals surface area contributed by atoms with Gasteiger partial charge in [-0.15, -0.1) is 0 Å². The molecule has 1 aromatic heterocycles. The van der Waals surface area contributed by atoms with Gasteiger partial charge in [-0.1, -0.05) is 60.7 Å². The molecule has 0 aliphatic rings.